The highest BCUT2D eigenvalue weighted by molar-refractivity contribution is 6.86. The van der Waals surface area contributed by atoms with Gasteiger partial charge in [0.2, 0.25) is 0 Å². The number of nitrogens with zero attached hydrogens (tertiary/aromatic N) is 2. The van der Waals surface area contributed by atoms with Gasteiger partial charge in [0, 0.05) is 24.6 Å². The third kappa shape index (κ3) is 4.24. The summed E-state index contributed by atoms with van der Waals surface area (Å²) < 4.78 is 0. The van der Waals surface area contributed by atoms with Gasteiger partial charge in [0.05, 0.1) is 6.67 Å². The Morgan fingerprint density at radius 2 is 1.20 bits per heavy atom. The van der Waals surface area contributed by atoms with Crippen molar-refractivity contribution >= 4 is 19.2 Å². The van der Waals surface area contributed by atoms with Crippen LogP contribution in [0.5, 0.6) is 0 Å². The van der Waals surface area contributed by atoms with E-state index in [0.29, 0.717) is 0 Å². The SMILES string of the molecule is CCC1(CC)CC(C)(C)c2c1cc1c(c2[Si](CN2CN(C)C(C)=C2C)c2ccccc2)C(C)(C)CC1(CC)CC. The Bertz CT molecular complexity index is 1240. The molecule has 0 aromatic heterocycles. The standard InChI is InChI=1S/C37H55N2Si/c1-12-36(13-2)22-34(7,8)31-29(36)21-30-32(35(9,10)23-37(30,14-3)15-4)33(31)40(28-19-17-16-18-20-28)25-39-24-38(11)26(5)27(39)6/h16-21H,12-15,22-25H2,1-11H3. The fourth-order valence-corrected chi connectivity index (χ4v) is 12.8. The summed E-state index contributed by atoms with van der Waals surface area (Å²) in [5, 5.41) is 3.37. The number of rotatable bonds is 8. The van der Waals surface area contributed by atoms with Gasteiger partial charge in [0.15, 0.2) is 0 Å². The van der Waals surface area contributed by atoms with Gasteiger partial charge in [-0.2, -0.15) is 0 Å². The molecule has 0 saturated heterocycles. The van der Waals surface area contributed by atoms with Crippen LogP contribution in [-0.2, 0) is 21.7 Å². The maximum atomic E-state index is 2.79. The Hall–Kier alpha value is -2.00. The van der Waals surface area contributed by atoms with Crippen molar-refractivity contribution in [2.75, 3.05) is 19.9 Å². The van der Waals surface area contributed by atoms with Crippen LogP contribution in [0.2, 0.25) is 0 Å². The lowest BCUT2D eigenvalue weighted by Crippen LogP contribution is -2.55. The third-order valence-corrected chi connectivity index (χ3v) is 14.6. The lowest BCUT2D eigenvalue weighted by atomic mass is 9.72. The van der Waals surface area contributed by atoms with Crippen molar-refractivity contribution in [3.8, 4) is 0 Å². The number of benzene rings is 2. The van der Waals surface area contributed by atoms with Crippen LogP contribution in [0, 0.1) is 0 Å². The van der Waals surface area contributed by atoms with Crippen molar-refractivity contribution in [1.82, 2.24) is 9.80 Å². The van der Waals surface area contributed by atoms with E-state index in [9.17, 15) is 0 Å². The molecule has 1 aliphatic heterocycles. The predicted octanol–water partition coefficient (Wildman–Crippen LogP) is 7.77. The van der Waals surface area contributed by atoms with Gasteiger partial charge in [0.25, 0.3) is 0 Å². The molecule has 0 atom stereocenters. The van der Waals surface area contributed by atoms with Gasteiger partial charge in [-0.1, -0.05) is 97.0 Å². The Morgan fingerprint density at radius 3 is 1.60 bits per heavy atom. The lowest BCUT2D eigenvalue weighted by Gasteiger charge is -2.35. The monoisotopic (exact) mass is 555 g/mol. The van der Waals surface area contributed by atoms with E-state index in [0.717, 1.165) is 12.8 Å². The molecule has 2 aliphatic carbocycles. The summed E-state index contributed by atoms with van der Waals surface area (Å²) in [6, 6.07) is 14.5. The Labute approximate surface area is 247 Å². The molecule has 0 N–H and O–H groups in total. The zero-order valence-corrected chi connectivity index (χ0v) is 28.5. The molecular weight excluding hydrogens is 501 g/mol. The van der Waals surface area contributed by atoms with Crippen LogP contribution in [0.1, 0.15) is 130 Å². The molecule has 40 heavy (non-hydrogen) atoms. The summed E-state index contributed by atoms with van der Waals surface area (Å²) in [6.07, 6.45) is 8.62. The van der Waals surface area contributed by atoms with E-state index in [1.165, 1.54) is 49.9 Å². The van der Waals surface area contributed by atoms with Crippen LogP contribution in [0.15, 0.2) is 47.8 Å². The number of fused-ring (bicyclic) bond motifs is 2. The second-order valence-electron chi connectivity index (χ2n) is 14.7. The molecule has 5 rings (SSSR count). The van der Waals surface area contributed by atoms with E-state index in [-0.39, 0.29) is 21.7 Å². The van der Waals surface area contributed by atoms with E-state index >= 15 is 0 Å². The maximum Gasteiger partial charge on any atom is 0.143 e. The third-order valence-electron chi connectivity index (χ3n) is 11.8. The minimum atomic E-state index is -1.12. The fourth-order valence-electron chi connectivity index (χ4n) is 9.33. The molecule has 0 saturated carbocycles. The lowest BCUT2D eigenvalue weighted by molar-refractivity contribution is 0.306. The highest BCUT2D eigenvalue weighted by atomic mass is 28.3. The molecule has 0 bridgehead atoms. The van der Waals surface area contributed by atoms with Gasteiger partial charge in [-0.15, -0.1) is 0 Å². The normalized spacial score (nSPS) is 21.9. The molecule has 0 amide bonds. The topological polar surface area (TPSA) is 6.48 Å². The first-order valence-corrected chi connectivity index (χ1v) is 17.8. The number of allylic oxidation sites excluding steroid dienone is 2. The van der Waals surface area contributed by atoms with Crippen LogP contribution in [0.25, 0.3) is 0 Å². The minimum Gasteiger partial charge on any atom is -0.359 e. The van der Waals surface area contributed by atoms with Crippen molar-refractivity contribution in [2.45, 2.75) is 129 Å². The molecule has 217 valence electrons. The van der Waals surface area contributed by atoms with Crippen molar-refractivity contribution in [3.05, 3.63) is 70.0 Å². The van der Waals surface area contributed by atoms with Crippen LogP contribution < -0.4 is 10.4 Å². The van der Waals surface area contributed by atoms with Crippen LogP contribution in [-0.4, -0.2) is 38.5 Å². The van der Waals surface area contributed by atoms with E-state index in [1.807, 2.05) is 0 Å². The van der Waals surface area contributed by atoms with E-state index in [4.69, 9.17) is 0 Å². The zero-order valence-electron chi connectivity index (χ0n) is 27.5. The van der Waals surface area contributed by atoms with Crippen molar-refractivity contribution in [2.24, 2.45) is 0 Å². The van der Waals surface area contributed by atoms with Gasteiger partial charge in [-0.3, -0.25) is 0 Å². The molecule has 2 aromatic rings. The highest BCUT2D eigenvalue weighted by Crippen LogP contribution is 2.59. The Balaban J connectivity index is 1.89. The first-order chi connectivity index (χ1) is 18.8. The molecule has 3 heteroatoms. The van der Waals surface area contributed by atoms with Gasteiger partial charge < -0.3 is 9.80 Å². The highest BCUT2D eigenvalue weighted by Gasteiger charge is 2.54. The van der Waals surface area contributed by atoms with Crippen molar-refractivity contribution < 1.29 is 0 Å². The molecule has 2 aromatic carbocycles. The van der Waals surface area contributed by atoms with Crippen molar-refractivity contribution in [3.63, 3.8) is 0 Å². The Kier molecular flexibility index (Phi) is 7.42. The smallest absolute Gasteiger partial charge is 0.143 e. The van der Waals surface area contributed by atoms with Crippen LogP contribution in [0.4, 0.5) is 0 Å². The fraction of sp³-hybridized carbons (Fsp3) is 0.622. The maximum absolute atomic E-state index is 2.79. The first-order valence-electron chi connectivity index (χ1n) is 16.1. The summed E-state index contributed by atoms with van der Waals surface area (Å²) in [6.45, 7) is 25.8. The predicted molar refractivity (Wildman–Crippen MR) is 175 cm³/mol. The molecular formula is C37H55N2Si. The molecule has 0 unspecified atom stereocenters. The second-order valence-corrected chi connectivity index (χ2v) is 17.1. The molecule has 0 spiro atoms. The largest absolute Gasteiger partial charge is 0.359 e. The quantitative estimate of drug-likeness (QED) is 0.307. The van der Waals surface area contributed by atoms with E-state index in [2.05, 4.69) is 122 Å². The van der Waals surface area contributed by atoms with Crippen LogP contribution in [0.3, 0.4) is 0 Å². The van der Waals surface area contributed by atoms with Crippen molar-refractivity contribution in [1.29, 1.82) is 0 Å². The zero-order chi connectivity index (χ0) is 29.3. The number of hydrogen-bond donors (Lipinski definition) is 0. The summed E-state index contributed by atoms with van der Waals surface area (Å²) in [7, 11) is 1.14. The van der Waals surface area contributed by atoms with E-state index < -0.39 is 8.80 Å². The molecule has 2 nitrogen and oxygen atoms in total. The molecule has 3 aliphatic rings. The van der Waals surface area contributed by atoms with Gasteiger partial charge in [0.1, 0.15) is 8.80 Å². The van der Waals surface area contributed by atoms with Crippen LogP contribution >= 0.6 is 0 Å². The number of hydrogen-bond acceptors (Lipinski definition) is 2. The van der Waals surface area contributed by atoms with Gasteiger partial charge in [-0.05, 0) is 101 Å². The van der Waals surface area contributed by atoms with E-state index in [1.54, 1.807) is 32.6 Å². The summed E-state index contributed by atoms with van der Waals surface area (Å²) in [5.74, 6) is 0. The first kappa shape index (κ1) is 29.5. The van der Waals surface area contributed by atoms with Gasteiger partial charge >= 0.3 is 0 Å². The molecule has 1 heterocycles. The average molecular weight is 556 g/mol. The minimum absolute atomic E-state index is 0.179. The summed E-state index contributed by atoms with van der Waals surface area (Å²) in [4.78, 5) is 5.14. The molecule has 1 radical (unpaired) electrons. The average Bonchev–Trinajstić information content (AvgIpc) is 3.44. The summed E-state index contributed by atoms with van der Waals surface area (Å²) >= 11 is 0. The Morgan fingerprint density at radius 1 is 0.725 bits per heavy atom. The molecule has 0 fully saturated rings. The van der Waals surface area contributed by atoms with Gasteiger partial charge in [-0.25, -0.2) is 0 Å². The second kappa shape index (κ2) is 10.1. The summed E-state index contributed by atoms with van der Waals surface area (Å²) in [5.41, 5.74) is 10.7.